The van der Waals surface area contributed by atoms with E-state index in [1.54, 1.807) is 0 Å². The summed E-state index contributed by atoms with van der Waals surface area (Å²) in [4.78, 5) is 22.0. The van der Waals surface area contributed by atoms with E-state index in [9.17, 15) is 23.1 Å². The van der Waals surface area contributed by atoms with Crippen molar-refractivity contribution in [2.24, 2.45) is 5.73 Å². The molecule has 0 spiro atoms. The number of sulfonamides is 1. The van der Waals surface area contributed by atoms with Gasteiger partial charge in [0.25, 0.3) is 0 Å². The first kappa shape index (κ1) is 15.3. The van der Waals surface area contributed by atoms with Crippen LogP contribution < -0.4 is 5.73 Å². The molecule has 0 aliphatic carbocycles. The smallest absolute Gasteiger partial charge is 0.339 e. The van der Waals surface area contributed by atoms with Gasteiger partial charge in [0.15, 0.2) is 0 Å². The highest BCUT2D eigenvalue weighted by Crippen LogP contribution is 2.28. The highest BCUT2D eigenvalue weighted by Gasteiger charge is 2.38. The Bertz CT molecular complexity index is 700. The highest BCUT2D eigenvalue weighted by molar-refractivity contribution is 7.89. The minimum absolute atomic E-state index is 0.138. The van der Waals surface area contributed by atoms with E-state index in [2.05, 4.69) is 0 Å². The van der Waals surface area contributed by atoms with Crippen LogP contribution >= 0.6 is 0 Å². The summed E-state index contributed by atoms with van der Waals surface area (Å²) < 4.78 is 25.9. The summed E-state index contributed by atoms with van der Waals surface area (Å²) in [6.07, 6.45) is 0.829. The van der Waals surface area contributed by atoms with Gasteiger partial charge in [-0.15, -0.1) is 0 Å². The molecule has 0 aromatic heterocycles. The highest BCUT2D eigenvalue weighted by atomic mass is 32.2. The lowest BCUT2D eigenvalue weighted by molar-refractivity contribution is -0.121. The molecular formula is C12H14N2O6S. The number of nitrogens with zero attached hydrogens (tertiary/aromatic N) is 1. The predicted molar refractivity (Wildman–Crippen MR) is 71.2 cm³/mol. The molecule has 4 N–H and O–H groups in total. The van der Waals surface area contributed by atoms with Gasteiger partial charge in [-0.2, -0.15) is 4.31 Å². The van der Waals surface area contributed by atoms with Crippen molar-refractivity contribution in [3.63, 3.8) is 0 Å². The van der Waals surface area contributed by atoms with Crippen LogP contribution in [0.15, 0.2) is 23.1 Å². The van der Waals surface area contributed by atoms with Crippen LogP contribution in [0.4, 0.5) is 0 Å². The van der Waals surface area contributed by atoms with Crippen LogP contribution in [0.3, 0.4) is 0 Å². The predicted octanol–water partition coefficient (Wildman–Crippen LogP) is -0.271. The SMILES string of the molecule is NC(=O)[C@H]1CCCN1S(=O)(=O)c1ccc(O)c(C(=O)O)c1. The number of benzene rings is 1. The van der Waals surface area contributed by atoms with Crippen molar-refractivity contribution >= 4 is 21.9 Å². The molecular weight excluding hydrogens is 300 g/mol. The molecule has 0 radical (unpaired) electrons. The van der Waals surface area contributed by atoms with Gasteiger partial charge >= 0.3 is 5.97 Å². The molecule has 1 aliphatic rings. The maximum absolute atomic E-state index is 12.5. The average Bonchev–Trinajstić information content (AvgIpc) is 2.88. The second-order valence-corrected chi connectivity index (χ2v) is 6.55. The Balaban J connectivity index is 2.47. The fraction of sp³-hybridized carbons (Fsp3) is 0.333. The zero-order valence-corrected chi connectivity index (χ0v) is 11.7. The molecule has 1 heterocycles. The largest absolute Gasteiger partial charge is 0.507 e. The van der Waals surface area contributed by atoms with Crippen molar-refractivity contribution in [2.75, 3.05) is 6.54 Å². The number of hydrogen-bond donors (Lipinski definition) is 3. The molecule has 1 aliphatic heterocycles. The van der Waals surface area contributed by atoms with Gasteiger partial charge < -0.3 is 15.9 Å². The van der Waals surface area contributed by atoms with Crippen molar-refractivity contribution in [2.45, 2.75) is 23.8 Å². The van der Waals surface area contributed by atoms with Gasteiger partial charge in [0.1, 0.15) is 17.4 Å². The molecule has 0 bridgehead atoms. The summed E-state index contributed by atoms with van der Waals surface area (Å²) in [6.45, 7) is 0.138. The van der Waals surface area contributed by atoms with Gasteiger partial charge in [-0.05, 0) is 31.0 Å². The zero-order valence-electron chi connectivity index (χ0n) is 10.9. The van der Waals surface area contributed by atoms with Crippen molar-refractivity contribution in [3.8, 4) is 5.75 Å². The third-order valence-electron chi connectivity index (χ3n) is 3.34. The van der Waals surface area contributed by atoms with Gasteiger partial charge in [0.05, 0.1) is 4.90 Å². The van der Waals surface area contributed by atoms with E-state index in [1.807, 2.05) is 0 Å². The quantitative estimate of drug-likeness (QED) is 0.699. The topological polar surface area (TPSA) is 138 Å². The number of phenols is 1. The Labute approximate surface area is 120 Å². The van der Waals surface area contributed by atoms with Gasteiger partial charge in [-0.1, -0.05) is 0 Å². The molecule has 8 nitrogen and oxygen atoms in total. The number of amides is 1. The number of carbonyl (C=O) groups excluding carboxylic acids is 1. The van der Waals surface area contributed by atoms with Gasteiger partial charge in [-0.3, -0.25) is 4.79 Å². The standard InChI is InChI=1S/C12H14N2O6S/c13-11(16)9-2-1-5-14(9)21(19,20)7-3-4-10(15)8(6-7)12(17)18/h3-4,6,9,15H,1-2,5H2,(H2,13,16)(H,17,18)/t9-/m1/s1. The van der Waals surface area contributed by atoms with Crippen LogP contribution in [0.5, 0.6) is 5.75 Å². The number of carboxylic acid groups (broad SMARTS) is 1. The molecule has 1 atom stereocenters. The normalized spacial score (nSPS) is 19.5. The molecule has 1 fully saturated rings. The van der Waals surface area contributed by atoms with Gasteiger partial charge in [-0.25, -0.2) is 13.2 Å². The second kappa shape index (κ2) is 5.34. The van der Waals surface area contributed by atoms with Crippen molar-refractivity contribution in [3.05, 3.63) is 23.8 Å². The zero-order chi connectivity index (χ0) is 15.8. The number of aromatic carboxylic acids is 1. The first-order valence-corrected chi connectivity index (χ1v) is 7.56. The van der Waals surface area contributed by atoms with E-state index in [1.165, 1.54) is 0 Å². The van der Waals surface area contributed by atoms with Gasteiger partial charge in [0.2, 0.25) is 15.9 Å². The van der Waals surface area contributed by atoms with Crippen LogP contribution in [0, 0.1) is 0 Å². The number of rotatable bonds is 4. The lowest BCUT2D eigenvalue weighted by Crippen LogP contribution is -2.43. The molecule has 1 aromatic carbocycles. The number of hydrogen-bond acceptors (Lipinski definition) is 5. The Morgan fingerprint density at radius 2 is 2.00 bits per heavy atom. The number of carboxylic acids is 1. The van der Waals surface area contributed by atoms with Crippen LogP contribution in [0.2, 0.25) is 0 Å². The third-order valence-corrected chi connectivity index (χ3v) is 5.24. The minimum Gasteiger partial charge on any atom is -0.507 e. The van der Waals surface area contributed by atoms with Crippen LogP contribution in [0.25, 0.3) is 0 Å². The maximum atomic E-state index is 12.5. The van der Waals surface area contributed by atoms with E-state index in [0.29, 0.717) is 12.8 Å². The molecule has 21 heavy (non-hydrogen) atoms. The lowest BCUT2D eigenvalue weighted by Gasteiger charge is -2.21. The van der Waals surface area contributed by atoms with E-state index >= 15 is 0 Å². The van der Waals surface area contributed by atoms with E-state index in [4.69, 9.17) is 10.8 Å². The van der Waals surface area contributed by atoms with Crippen LogP contribution in [-0.2, 0) is 14.8 Å². The molecule has 1 amide bonds. The van der Waals surface area contributed by atoms with Crippen LogP contribution in [0.1, 0.15) is 23.2 Å². The summed E-state index contributed by atoms with van der Waals surface area (Å²) in [5.41, 5.74) is 4.66. The summed E-state index contributed by atoms with van der Waals surface area (Å²) in [5.74, 6) is -2.72. The summed E-state index contributed by atoms with van der Waals surface area (Å²) >= 11 is 0. The summed E-state index contributed by atoms with van der Waals surface area (Å²) in [5, 5.41) is 18.3. The first-order valence-electron chi connectivity index (χ1n) is 6.12. The molecule has 1 aromatic rings. The molecule has 1 saturated heterocycles. The van der Waals surface area contributed by atoms with Crippen molar-refractivity contribution in [1.29, 1.82) is 0 Å². The maximum Gasteiger partial charge on any atom is 0.339 e. The second-order valence-electron chi connectivity index (χ2n) is 4.66. The molecule has 0 unspecified atom stereocenters. The Morgan fingerprint density at radius 3 is 2.57 bits per heavy atom. The van der Waals surface area contributed by atoms with E-state index in [0.717, 1.165) is 22.5 Å². The van der Waals surface area contributed by atoms with Gasteiger partial charge in [0, 0.05) is 6.54 Å². The first-order chi connectivity index (χ1) is 9.75. The minimum atomic E-state index is -4.05. The fourth-order valence-electron chi connectivity index (χ4n) is 2.29. The third kappa shape index (κ3) is 2.69. The number of aromatic hydroxyl groups is 1. The molecule has 0 saturated carbocycles. The van der Waals surface area contributed by atoms with Crippen molar-refractivity contribution in [1.82, 2.24) is 4.31 Å². The fourth-order valence-corrected chi connectivity index (χ4v) is 3.99. The van der Waals surface area contributed by atoms with Crippen LogP contribution in [-0.4, -0.2) is 47.4 Å². The number of primary amides is 1. The molecule has 9 heteroatoms. The summed E-state index contributed by atoms with van der Waals surface area (Å²) in [6, 6.07) is 2.01. The average molecular weight is 314 g/mol. The lowest BCUT2D eigenvalue weighted by atomic mass is 10.2. The molecule has 114 valence electrons. The number of nitrogens with two attached hydrogens (primary N) is 1. The van der Waals surface area contributed by atoms with E-state index in [-0.39, 0.29) is 11.4 Å². The van der Waals surface area contributed by atoms with Crippen molar-refractivity contribution < 1.29 is 28.2 Å². The van der Waals surface area contributed by atoms with E-state index < -0.39 is 39.3 Å². The monoisotopic (exact) mass is 314 g/mol. The summed E-state index contributed by atoms with van der Waals surface area (Å²) in [7, 11) is -4.05. The Hall–Kier alpha value is -2.13. The Kier molecular flexibility index (Phi) is 3.88. The Morgan fingerprint density at radius 1 is 1.33 bits per heavy atom. The molecule has 2 rings (SSSR count). The number of carbonyl (C=O) groups is 2.